The molecule has 3 aromatic heterocycles. The SMILES string of the molecule is C[C@@H](Oc1ccc2[nH]nc(C(=O)Nc3cnn(C[C@H]4CCCN4C)c3)c2c1)c1c(Cl)cncc1Cl. The number of benzene rings is 1. The van der Waals surface area contributed by atoms with Crippen molar-refractivity contribution in [1.82, 2.24) is 29.9 Å². The Kier molecular flexibility index (Phi) is 6.64. The first-order valence-corrected chi connectivity index (χ1v) is 12.1. The summed E-state index contributed by atoms with van der Waals surface area (Å²) in [7, 11) is 2.13. The van der Waals surface area contributed by atoms with Crippen molar-refractivity contribution in [2.75, 3.05) is 18.9 Å². The second kappa shape index (κ2) is 9.85. The van der Waals surface area contributed by atoms with Gasteiger partial charge in [0.1, 0.15) is 11.9 Å². The predicted molar refractivity (Wildman–Crippen MR) is 135 cm³/mol. The highest BCUT2D eigenvalue weighted by molar-refractivity contribution is 6.35. The zero-order valence-corrected chi connectivity index (χ0v) is 20.8. The van der Waals surface area contributed by atoms with E-state index in [1.165, 1.54) is 18.8 Å². The molecule has 0 spiro atoms. The number of amides is 1. The molecule has 1 fully saturated rings. The summed E-state index contributed by atoms with van der Waals surface area (Å²) in [5.41, 5.74) is 2.25. The van der Waals surface area contributed by atoms with Crippen molar-refractivity contribution >= 4 is 45.7 Å². The van der Waals surface area contributed by atoms with Crippen LogP contribution in [0, 0.1) is 0 Å². The van der Waals surface area contributed by atoms with E-state index < -0.39 is 6.10 Å². The number of carbonyl (C=O) groups excluding carboxylic acids is 1. The number of anilines is 1. The minimum absolute atomic E-state index is 0.265. The largest absolute Gasteiger partial charge is 0.486 e. The summed E-state index contributed by atoms with van der Waals surface area (Å²) >= 11 is 12.5. The number of nitrogens with zero attached hydrogens (tertiary/aromatic N) is 5. The fourth-order valence-corrected chi connectivity index (χ4v) is 5.13. The molecule has 182 valence electrons. The van der Waals surface area contributed by atoms with Gasteiger partial charge in [0, 0.05) is 35.6 Å². The van der Waals surface area contributed by atoms with Gasteiger partial charge in [0.15, 0.2) is 5.69 Å². The first-order valence-electron chi connectivity index (χ1n) is 11.4. The lowest BCUT2D eigenvalue weighted by Crippen LogP contribution is -2.29. The summed E-state index contributed by atoms with van der Waals surface area (Å²) in [6.45, 7) is 3.75. The van der Waals surface area contributed by atoms with Gasteiger partial charge in [-0.05, 0) is 51.6 Å². The number of ether oxygens (including phenoxy) is 1. The summed E-state index contributed by atoms with van der Waals surface area (Å²) in [5, 5.41) is 15.9. The van der Waals surface area contributed by atoms with E-state index in [4.69, 9.17) is 27.9 Å². The Balaban J connectivity index is 1.31. The quantitative estimate of drug-likeness (QED) is 0.362. The molecule has 1 aromatic carbocycles. The van der Waals surface area contributed by atoms with Crippen molar-refractivity contribution in [3.05, 3.63) is 64.3 Å². The minimum atomic E-state index is -0.427. The zero-order chi connectivity index (χ0) is 24.5. The van der Waals surface area contributed by atoms with Crippen LogP contribution in [0.5, 0.6) is 5.75 Å². The number of rotatable bonds is 7. The normalized spacial score (nSPS) is 17.1. The smallest absolute Gasteiger partial charge is 0.276 e. The maximum Gasteiger partial charge on any atom is 0.276 e. The number of hydrogen-bond donors (Lipinski definition) is 2. The maximum absolute atomic E-state index is 13.0. The lowest BCUT2D eigenvalue weighted by atomic mass is 10.1. The van der Waals surface area contributed by atoms with Crippen LogP contribution in [-0.2, 0) is 6.54 Å². The van der Waals surface area contributed by atoms with Gasteiger partial charge in [-0.25, -0.2) is 0 Å². The molecule has 4 aromatic rings. The van der Waals surface area contributed by atoms with Crippen LogP contribution in [0.4, 0.5) is 5.69 Å². The maximum atomic E-state index is 13.0. The lowest BCUT2D eigenvalue weighted by molar-refractivity contribution is 0.102. The molecule has 0 unspecified atom stereocenters. The summed E-state index contributed by atoms with van der Waals surface area (Å²) in [5.74, 6) is 0.220. The van der Waals surface area contributed by atoms with E-state index in [2.05, 4.69) is 37.5 Å². The Bertz CT molecular complexity index is 1350. The first-order chi connectivity index (χ1) is 16.9. The molecule has 0 aliphatic carbocycles. The van der Waals surface area contributed by atoms with Crippen LogP contribution in [-0.4, -0.2) is 55.4 Å². The molecule has 11 heteroatoms. The molecule has 1 aliphatic heterocycles. The van der Waals surface area contributed by atoms with Gasteiger partial charge in [0.05, 0.1) is 34.0 Å². The second-order valence-corrected chi connectivity index (χ2v) is 9.55. The van der Waals surface area contributed by atoms with Gasteiger partial charge in [-0.15, -0.1) is 0 Å². The van der Waals surface area contributed by atoms with Crippen molar-refractivity contribution < 1.29 is 9.53 Å². The molecule has 2 N–H and O–H groups in total. The van der Waals surface area contributed by atoms with Crippen LogP contribution < -0.4 is 10.1 Å². The van der Waals surface area contributed by atoms with Crippen LogP contribution in [0.1, 0.15) is 41.9 Å². The molecule has 5 rings (SSSR count). The summed E-state index contributed by atoms with van der Waals surface area (Å²) in [6, 6.07) is 5.84. The van der Waals surface area contributed by atoms with E-state index in [-0.39, 0.29) is 11.6 Å². The van der Waals surface area contributed by atoms with Crippen LogP contribution in [0.3, 0.4) is 0 Å². The minimum Gasteiger partial charge on any atom is -0.486 e. The van der Waals surface area contributed by atoms with Gasteiger partial charge in [-0.1, -0.05) is 23.2 Å². The first kappa shape index (κ1) is 23.6. The Hall–Kier alpha value is -3.14. The van der Waals surface area contributed by atoms with Gasteiger partial charge >= 0.3 is 0 Å². The van der Waals surface area contributed by atoms with Crippen molar-refractivity contribution in [2.45, 2.75) is 38.5 Å². The number of fused-ring (bicyclic) bond motifs is 1. The van der Waals surface area contributed by atoms with E-state index in [9.17, 15) is 4.79 Å². The van der Waals surface area contributed by atoms with E-state index >= 15 is 0 Å². The molecule has 1 saturated heterocycles. The zero-order valence-electron chi connectivity index (χ0n) is 19.3. The van der Waals surface area contributed by atoms with E-state index in [1.54, 1.807) is 18.3 Å². The predicted octanol–water partition coefficient (Wildman–Crippen LogP) is 4.95. The summed E-state index contributed by atoms with van der Waals surface area (Å²) in [4.78, 5) is 19.3. The van der Waals surface area contributed by atoms with Gasteiger partial charge < -0.3 is 15.0 Å². The molecule has 2 atom stereocenters. The average molecular weight is 514 g/mol. The third kappa shape index (κ3) is 4.98. The molecule has 1 aliphatic rings. The number of pyridine rings is 1. The highest BCUT2D eigenvalue weighted by atomic mass is 35.5. The Labute approximate surface area is 212 Å². The van der Waals surface area contributed by atoms with E-state index in [0.29, 0.717) is 38.5 Å². The van der Waals surface area contributed by atoms with Gasteiger partial charge in [-0.2, -0.15) is 10.2 Å². The number of likely N-dealkylation sites (tertiary alicyclic amines) is 1. The highest BCUT2D eigenvalue weighted by Gasteiger charge is 2.22. The number of H-pyrrole nitrogens is 1. The van der Waals surface area contributed by atoms with E-state index in [0.717, 1.165) is 25.0 Å². The molecule has 1 amide bonds. The Morgan fingerprint density at radius 1 is 1.29 bits per heavy atom. The number of halogens is 2. The topological polar surface area (TPSA) is 101 Å². The van der Waals surface area contributed by atoms with Crippen molar-refractivity contribution in [3.8, 4) is 5.75 Å². The summed E-state index contributed by atoms with van der Waals surface area (Å²) < 4.78 is 7.95. The van der Waals surface area contributed by atoms with Crippen LogP contribution in [0.25, 0.3) is 10.9 Å². The third-order valence-corrected chi connectivity index (χ3v) is 6.92. The van der Waals surface area contributed by atoms with Gasteiger partial charge in [0.25, 0.3) is 5.91 Å². The number of aromatic amines is 1. The van der Waals surface area contributed by atoms with Gasteiger partial charge in [0.2, 0.25) is 0 Å². The molecule has 4 heterocycles. The van der Waals surface area contributed by atoms with Gasteiger partial charge in [-0.3, -0.25) is 19.6 Å². The fraction of sp³-hybridized carbons (Fsp3) is 0.333. The Morgan fingerprint density at radius 2 is 2.09 bits per heavy atom. The third-order valence-electron chi connectivity index (χ3n) is 6.32. The van der Waals surface area contributed by atoms with Crippen molar-refractivity contribution in [1.29, 1.82) is 0 Å². The molecule has 0 bridgehead atoms. The van der Waals surface area contributed by atoms with Crippen molar-refractivity contribution in [2.24, 2.45) is 0 Å². The van der Waals surface area contributed by atoms with Crippen molar-refractivity contribution in [3.63, 3.8) is 0 Å². The van der Waals surface area contributed by atoms with E-state index in [1.807, 2.05) is 23.9 Å². The fourth-order valence-electron chi connectivity index (χ4n) is 4.46. The number of likely N-dealkylation sites (N-methyl/N-ethyl adjacent to an activating group) is 1. The molecule has 0 radical (unpaired) electrons. The lowest BCUT2D eigenvalue weighted by Gasteiger charge is -2.18. The van der Waals surface area contributed by atoms with Crippen LogP contribution in [0.2, 0.25) is 10.0 Å². The summed E-state index contributed by atoms with van der Waals surface area (Å²) in [6.07, 6.45) is 8.48. The number of nitrogens with one attached hydrogen (secondary N) is 2. The second-order valence-electron chi connectivity index (χ2n) is 8.74. The molecular formula is C24H25Cl2N7O2. The molecule has 0 saturated carbocycles. The molecule has 9 nitrogen and oxygen atoms in total. The number of aromatic nitrogens is 5. The monoisotopic (exact) mass is 513 g/mol. The van der Waals surface area contributed by atoms with Crippen LogP contribution >= 0.6 is 23.2 Å². The molecule has 35 heavy (non-hydrogen) atoms. The van der Waals surface area contributed by atoms with Crippen LogP contribution in [0.15, 0.2) is 43.0 Å². The Morgan fingerprint density at radius 3 is 2.83 bits per heavy atom. The number of carbonyl (C=O) groups is 1. The standard InChI is InChI=1S/C24H25Cl2N7O2/c1-14(22-19(25)10-27-11-20(22)26)35-17-5-6-21-18(8-17)23(31-30-21)24(34)29-15-9-28-33(12-15)13-16-4-3-7-32(16)2/h5-6,8-12,14,16H,3-4,7,13H2,1-2H3,(H,29,34)(H,30,31)/t14-,16-/m1/s1. The molecular weight excluding hydrogens is 489 g/mol. The average Bonchev–Trinajstić information content (AvgIpc) is 3.54. The number of hydrogen-bond acceptors (Lipinski definition) is 6. The highest BCUT2D eigenvalue weighted by Crippen LogP contribution is 2.33.